The number of hydrogen-bond acceptors (Lipinski definition) is 4. The number of halogens is 4. The zero-order valence-electron chi connectivity index (χ0n) is 11.5. The molecule has 3 N–H and O–H groups in total. The highest BCUT2D eigenvalue weighted by molar-refractivity contribution is 5.97. The molecule has 3 aromatic rings. The van der Waals surface area contributed by atoms with Crippen LogP contribution in [-0.4, -0.2) is 9.97 Å². The number of hydrogen-bond donors (Lipinski definition) is 2. The monoisotopic (exact) mass is 322 g/mol. The summed E-state index contributed by atoms with van der Waals surface area (Å²) in [6.07, 6.45) is -3.36. The van der Waals surface area contributed by atoms with Gasteiger partial charge in [0, 0.05) is 5.39 Å². The molecule has 0 unspecified atom stereocenters. The van der Waals surface area contributed by atoms with Gasteiger partial charge in [0.1, 0.15) is 18.0 Å². The maximum absolute atomic E-state index is 13.9. The third-order valence-electron chi connectivity index (χ3n) is 3.25. The minimum Gasteiger partial charge on any atom is -0.397 e. The van der Waals surface area contributed by atoms with Crippen LogP contribution in [0.25, 0.3) is 10.9 Å². The standard InChI is InChI=1S/C15H10F4N4/c16-10-6-8(15(17,18)19)4-5-12(10)23-14-9-2-1-3-11(20)13(9)21-7-22-14/h1-7H,20H2,(H,21,22,23). The first kappa shape index (κ1) is 15.0. The van der Waals surface area contributed by atoms with Gasteiger partial charge in [-0.2, -0.15) is 13.2 Å². The van der Waals surface area contributed by atoms with Crippen LogP contribution in [0, 0.1) is 5.82 Å². The van der Waals surface area contributed by atoms with Crippen molar-refractivity contribution in [1.29, 1.82) is 0 Å². The van der Waals surface area contributed by atoms with Crippen molar-refractivity contribution in [3.8, 4) is 0 Å². The lowest BCUT2D eigenvalue weighted by Crippen LogP contribution is -2.06. The highest BCUT2D eigenvalue weighted by atomic mass is 19.4. The fourth-order valence-corrected chi connectivity index (χ4v) is 2.13. The zero-order chi connectivity index (χ0) is 16.6. The smallest absolute Gasteiger partial charge is 0.397 e. The van der Waals surface area contributed by atoms with Gasteiger partial charge in [-0.05, 0) is 30.3 Å². The number of para-hydroxylation sites is 1. The molecule has 2 aromatic carbocycles. The van der Waals surface area contributed by atoms with Crippen molar-refractivity contribution in [1.82, 2.24) is 9.97 Å². The summed E-state index contributed by atoms with van der Waals surface area (Å²) in [7, 11) is 0. The van der Waals surface area contributed by atoms with Gasteiger partial charge in [0.25, 0.3) is 0 Å². The summed E-state index contributed by atoms with van der Waals surface area (Å²) in [6, 6.07) is 7.24. The topological polar surface area (TPSA) is 63.8 Å². The van der Waals surface area contributed by atoms with Gasteiger partial charge in [-0.15, -0.1) is 0 Å². The molecule has 0 spiro atoms. The Morgan fingerprint density at radius 3 is 2.52 bits per heavy atom. The van der Waals surface area contributed by atoms with E-state index in [1.807, 2.05) is 0 Å². The van der Waals surface area contributed by atoms with Gasteiger partial charge in [-0.1, -0.05) is 6.07 Å². The Morgan fingerprint density at radius 1 is 1.04 bits per heavy atom. The molecule has 0 atom stereocenters. The summed E-state index contributed by atoms with van der Waals surface area (Å²) >= 11 is 0. The maximum Gasteiger partial charge on any atom is 0.416 e. The number of aromatic nitrogens is 2. The van der Waals surface area contributed by atoms with Crippen LogP contribution in [0.4, 0.5) is 34.8 Å². The number of nitrogens with two attached hydrogens (primary N) is 1. The van der Waals surface area contributed by atoms with Crippen molar-refractivity contribution in [2.45, 2.75) is 6.18 Å². The van der Waals surface area contributed by atoms with E-state index >= 15 is 0 Å². The Labute approximate surface area is 128 Å². The molecule has 0 amide bonds. The van der Waals surface area contributed by atoms with Crippen molar-refractivity contribution in [2.75, 3.05) is 11.1 Å². The van der Waals surface area contributed by atoms with E-state index in [9.17, 15) is 17.6 Å². The van der Waals surface area contributed by atoms with E-state index in [1.165, 1.54) is 6.33 Å². The molecular formula is C15H10F4N4. The van der Waals surface area contributed by atoms with Gasteiger partial charge in [0.2, 0.25) is 0 Å². The van der Waals surface area contributed by atoms with Crippen molar-refractivity contribution >= 4 is 28.1 Å². The Balaban J connectivity index is 2.02. The summed E-state index contributed by atoms with van der Waals surface area (Å²) < 4.78 is 51.6. The molecule has 0 radical (unpaired) electrons. The van der Waals surface area contributed by atoms with Gasteiger partial charge < -0.3 is 11.1 Å². The van der Waals surface area contributed by atoms with Crippen LogP contribution < -0.4 is 11.1 Å². The SMILES string of the molecule is Nc1cccc2c(Nc3ccc(C(F)(F)F)cc3F)ncnc12. The van der Waals surface area contributed by atoms with E-state index in [0.717, 1.165) is 12.1 Å². The summed E-state index contributed by atoms with van der Waals surface area (Å²) in [5.74, 6) is -0.781. The van der Waals surface area contributed by atoms with Crippen molar-refractivity contribution in [2.24, 2.45) is 0 Å². The molecular weight excluding hydrogens is 312 g/mol. The van der Waals surface area contributed by atoms with Crippen LogP contribution in [0.15, 0.2) is 42.7 Å². The molecule has 118 valence electrons. The number of nitrogens with zero attached hydrogens (tertiary/aromatic N) is 2. The molecule has 1 aromatic heterocycles. The van der Waals surface area contributed by atoms with Gasteiger partial charge >= 0.3 is 6.18 Å². The number of fused-ring (bicyclic) bond motifs is 1. The van der Waals surface area contributed by atoms with E-state index in [4.69, 9.17) is 5.73 Å². The van der Waals surface area contributed by atoms with Crippen LogP contribution in [0.2, 0.25) is 0 Å². The lowest BCUT2D eigenvalue weighted by atomic mass is 10.1. The van der Waals surface area contributed by atoms with Crippen LogP contribution >= 0.6 is 0 Å². The molecule has 0 saturated carbocycles. The Kier molecular flexibility index (Phi) is 3.51. The molecule has 3 rings (SSSR count). The second kappa shape index (κ2) is 5.38. The second-order valence-electron chi connectivity index (χ2n) is 4.78. The van der Waals surface area contributed by atoms with Gasteiger partial charge in [0.05, 0.1) is 22.5 Å². The number of benzene rings is 2. The third-order valence-corrected chi connectivity index (χ3v) is 3.25. The fourth-order valence-electron chi connectivity index (χ4n) is 2.13. The summed E-state index contributed by atoms with van der Waals surface area (Å²) in [6.45, 7) is 0. The number of anilines is 3. The predicted molar refractivity (Wildman–Crippen MR) is 78.6 cm³/mol. The van der Waals surface area contributed by atoms with E-state index in [-0.39, 0.29) is 11.5 Å². The van der Waals surface area contributed by atoms with Crippen molar-refractivity contribution in [3.63, 3.8) is 0 Å². The van der Waals surface area contributed by atoms with Crippen molar-refractivity contribution < 1.29 is 17.6 Å². The van der Waals surface area contributed by atoms with Gasteiger partial charge in [-0.25, -0.2) is 14.4 Å². The minimum absolute atomic E-state index is 0.125. The molecule has 8 heteroatoms. The fraction of sp³-hybridized carbons (Fsp3) is 0.0667. The molecule has 0 fully saturated rings. The summed E-state index contributed by atoms with van der Waals surface area (Å²) in [5.41, 5.74) is 5.50. The first-order chi connectivity index (χ1) is 10.9. The average molecular weight is 322 g/mol. The Morgan fingerprint density at radius 2 is 1.83 bits per heavy atom. The largest absolute Gasteiger partial charge is 0.416 e. The number of rotatable bonds is 2. The molecule has 0 aliphatic heterocycles. The number of alkyl halides is 3. The normalized spacial score (nSPS) is 11.7. The Bertz CT molecular complexity index is 877. The molecule has 0 aliphatic rings. The second-order valence-corrected chi connectivity index (χ2v) is 4.78. The van der Waals surface area contributed by atoms with E-state index < -0.39 is 17.6 Å². The quantitative estimate of drug-likeness (QED) is 0.550. The molecule has 0 aliphatic carbocycles. The first-order valence-electron chi connectivity index (χ1n) is 6.49. The van der Waals surface area contributed by atoms with Gasteiger partial charge in [-0.3, -0.25) is 0 Å². The lowest BCUT2D eigenvalue weighted by Gasteiger charge is -2.12. The highest BCUT2D eigenvalue weighted by Crippen LogP contribution is 2.33. The van der Waals surface area contributed by atoms with Crippen LogP contribution in [0.3, 0.4) is 0 Å². The number of nitrogens with one attached hydrogen (secondary N) is 1. The Hall–Kier alpha value is -2.90. The van der Waals surface area contributed by atoms with Crippen molar-refractivity contribution in [3.05, 3.63) is 54.1 Å². The molecule has 0 bridgehead atoms. The minimum atomic E-state index is -4.60. The predicted octanol–water partition coefficient (Wildman–Crippen LogP) is 4.11. The third kappa shape index (κ3) is 2.87. The van der Waals surface area contributed by atoms with E-state index in [0.29, 0.717) is 22.7 Å². The molecule has 4 nitrogen and oxygen atoms in total. The average Bonchev–Trinajstić information content (AvgIpc) is 2.49. The zero-order valence-corrected chi connectivity index (χ0v) is 11.5. The number of nitrogen functional groups attached to an aromatic ring is 1. The van der Waals surface area contributed by atoms with Crippen LogP contribution in [0.1, 0.15) is 5.56 Å². The van der Waals surface area contributed by atoms with Gasteiger partial charge in [0.15, 0.2) is 0 Å². The lowest BCUT2D eigenvalue weighted by molar-refractivity contribution is -0.137. The first-order valence-corrected chi connectivity index (χ1v) is 6.49. The van der Waals surface area contributed by atoms with E-state index in [1.54, 1.807) is 18.2 Å². The maximum atomic E-state index is 13.9. The van der Waals surface area contributed by atoms with E-state index in [2.05, 4.69) is 15.3 Å². The summed E-state index contributed by atoms with van der Waals surface area (Å²) in [4.78, 5) is 8.02. The molecule has 0 saturated heterocycles. The molecule has 23 heavy (non-hydrogen) atoms. The summed E-state index contributed by atoms with van der Waals surface area (Å²) in [5, 5.41) is 3.21. The highest BCUT2D eigenvalue weighted by Gasteiger charge is 2.31. The van der Waals surface area contributed by atoms with Crippen LogP contribution in [-0.2, 0) is 6.18 Å². The molecule has 1 heterocycles. The van der Waals surface area contributed by atoms with Crippen LogP contribution in [0.5, 0.6) is 0 Å².